The molecule has 1 aromatic rings. The molecule has 0 radical (unpaired) electrons. The first-order valence-electron chi connectivity index (χ1n) is 10.2. The maximum absolute atomic E-state index is 11.7. The second kappa shape index (κ2) is 10.1. The van der Waals surface area contributed by atoms with E-state index < -0.39 is 11.5 Å². The molecule has 0 amide bonds. The molecule has 0 spiro atoms. The van der Waals surface area contributed by atoms with Crippen LogP contribution >= 0.6 is 0 Å². The van der Waals surface area contributed by atoms with Crippen LogP contribution in [0.1, 0.15) is 51.0 Å². The molecule has 0 bridgehead atoms. The Morgan fingerprint density at radius 3 is 2.54 bits per heavy atom. The van der Waals surface area contributed by atoms with Gasteiger partial charge in [0.1, 0.15) is 13.4 Å². The van der Waals surface area contributed by atoms with Crippen LogP contribution < -0.4 is 5.73 Å². The van der Waals surface area contributed by atoms with Crippen molar-refractivity contribution in [2.24, 2.45) is 11.7 Å². The topological polar surface area (TPSA) is 66.6 Å². The molecule has 1 heterocycles. The van der Waals surface area contributed by atoms with Crippen molar-refractivity contribution in [2.75, 3.05) is 13.1 Å². The summed E-state index contributed by atoms with van der Waals surface area (Å²) in [5.74, 6) is -0.119. The minimum absolute atomic E-state index is 0.218. The van der Waals surface area contributed by atoms with E-state index in [1.807, 2.05) is 0 Å². The number of rotatable bonds is 10. The summed E-state index contributed by atoms with van der Waals surface area (Å²) in [5.41, 5.74) is 6.62. The van der Waals surface area contributed by atoms with Crippen LogP contribution in [0.15, 0.2) is 30.3 Å². The van der Waals surface area contributed by atoms with Crippen molar-refractivity contribution in [1.29, 1.82) is 0 Å². The molecule has 2 unspecified atom stereocenters. The van der Waals surface area contributed by atoms with E-state index in [1.54, 1.807) is 0 Å². The zero-order chi connectivity index (χ0) is 19.0. The van der Waals surface area contributed by atoms with Gasteiger partial charge in [0, 0.05) is 6.04 Å². The lowest BCUT2D eigenvalue weighted by molar-refractivity contribution is -0.144. The molecular formula is C21H35BN2O2. The lowest BCUT2D eigenvalue weighted by Gasteiger charge is -2.39. The predicted molar refractivity (Wildman–Crippen MR) is 110 cm³/mol. The molecule has 1 saturated heterocycles. The third-order valence-electron chi connectivity index (χ3n) is 5.95. The molecule has 2 rings (SSSR count). The number of likely N-dealkylation sites (tertiary alicyclic amines) is 1. The Labute approximate surface area is 159 Å². The monoisotopic (exact) mass is 358 g/mol. The fourth-order valence-electron chi connectivity index (χ4n) is 4.19. The molecule has 1 fully saturated rings. The van der Waals surface area contributed by atoms with Gasteiger partial charge >= 0.3 is 5.97 Å². The zero-order valence-electron chi connectivity index (χ0n) is 16.5. The van der Waals surface area contributed by atoms with Gasteiger partial charge in [-0.1, -0.05) is 49.5 Å². The zero-order valence-corrected chi connectivity index (χ0v) is 16.5. The highest BCUT2D eigenvalue weighted by atomic mass is 16.4. The van der Waals surface area contributed by atoms with E-state index in [0.717, 1.165) is 44.6 Å². The van der Waals surface area contributed by atoms with Gasteiger partial charge in [-0.05, 0) is 63.6 Å². The number of nitrogens with two attached hydrogens (primary N) is 1. The van der Waals surface area contributed by atoms with Gasteiger partial charge < -0.3 is 15.7 Å². The third-order valence-corrected chi connectivity index (χ3v) is 5.95. The van der Waals surface area contributed by atoms with Crippen molar-refractivity contribution >= 4 is 13.8 Å². The average Bonchev–Trinajstić information content (AvgIpc) is 2.63. The van der Waals surface area contributed by atoms with Gasteiger partial charge in [0.15, 0.2) is 0 Å². The number of unbranched alkanes of at least 4 members (excludes halogenated alkanes) is 1. The number of carbonyl (C=O) groups is 1. The Hall–Kier alpha value is -1.33. The molecule has 5 heteroatoms. The number of nitrogens with zero attached hydrogens (tertiary/aromatic N) is 1. The van der Waals surface area contributed by atoms with E-state index in [0.29, 0.717) is 12.8 Å². The highest BCUT2D eigenvalue weighted by Crippen LogP contribution is 2.27. The van der Waals surface area contributed by atoms with Crippen molar-refractivity contribution in [3.05, 3.63) is 35.9 Å². The second-order valence-electron chi connectivity index (χ2n) is 8.14. The van der Waals surface area contributed by atoms with Crippen molar-refractivity contribution < 1.29 is 9.90 Å². The minimum atomic E-state index is -1.09. The summed E-state index contributed by atoms with van der Waals surface area (Å²) in [6.07, 6.45) is 7.65. The van der Waals surface area contributed by atoms with Gasteiger partial charge in [-0.25, -0.2) is 0 Å². The minimum Gasteiger partial charge on any atom is -0.480 e. The summed E-state index contributed by atoms with van der Waals surface area (Å²) in [4.78, 5) is 14.2. The molecule has 26 heavy (non-hydrogen) atoms. The van der Waals surface area contributed by atoms with Crippen LogP contribution in [0.25, 0.3) is 0 Å². The second-order valence-corrected chi connectivity index (χ2v) is 8.14. The number of carboxylic acids is 1. The van der Waals surface area contributed by atoms with E-state index in [9.17, 15) is 9.90 Å². The molecule has 0 aliphatic carbocycles. The highest BCUT2D eigenvalue weighted by molar-refractivity contribution is 6.08. The van der Waals surface area contributed by atoms with Gasteiger partial charge in [0.05, 0.1) is 0 Å². The molecular weight excluding hydrogens is 323 g/mol. The Balaban J connectivity index is 1.82. The summed E-state index contributed by atoms with van der Waals surface area (Å²) in [6.45, 7) is 4.23. The number of aliphatic carboxylic acids is 1. The number of hydrogen-bond donors (Lipinski definition) is 2. The first-order valence-corrected chi connectivity index (χ1v) is 10.2. The highest BCUT2D eigenvalue weighted by Gasteiger charge is 2.37. The fourth-order valence-corrected chi connectivity index (χ4v) is 4.19. The van der Waals surface area contributed by atoms with Crippen LogP contribution in [0.3, 0.4) is 0 Å². The Kier molecular flexibility index (Phi) is 8.17. The molecule has 0 aromatic heterocycles. The predicted octanol–water partition coefficient (Wildman–Crippen LogP) is 2.72. The van der Waals surface area contributed by atoms with Crippen molar-refractivity contribution in [2.45, 2.75) is 69.8 Å². The normalized spacial score (nSPS) is 19.8. The summed E-state index contributed by atoms with van der Waals surface area (Å²) in [5, 5.41) is 9.64. The molecule has 4 nitrogen and oxygen atoms in total. The van der Waals surface area contributed by atoms with E-state index in [-0.39, 0.29) is 6.04 Å². The van der Waals surface area contributed by atoms with Crippen LogP contribution in [0.2, 0.25) is 6.32 Å². The van der Waals surface area contributed by atoms with Gasteiger partial charge in [-0.3, -0.25) is 4.79 Å². The summed E-state index contributed by atoms with van der Waals surface area (Å²) in [6, 6.07) is 10.9. The first-order chi connectivity index (χ1) is 12.4. The van der Waals surface area contributed by atoms with Crippen LogP contribution in [0.5, 0.6) is 0 Å². The van der Waals surface area contributed by atoms with Crippen LogP contribution in [0.4, 0.5) is 0 Å². The molecule has 1 aromatic carbocycles. The summed E-state index contributed by atoms with van der Waals surface area (Å²) < 4.78 is 0. The Morgan fingerprint density at radius 2 is 1.96 bits per heavy atom. The Morgan fingerprint density at radius 1 is 1.31 bits per heavy atom. The average molecular weight is 358 g/mol. The molecule has 1 aliphatic rings. The summed E-state index contributed by atoms with van der Waals surface area (Å²) >= 11 is 0. The number of carboxylic acid groups (broad SMARTS) is 1. The van der Waals surface area contributed by atoms with Gasteiger partial charge in [-0.15, -0.1) is 0 Å². The summed E-state index contributed by atoms with van der Waals surface area (Å²) in [7, 11) is 2.13. The maximum atomic E-state index is 11.7. The van der Waals surface area contributed by atoms with Crippen LogP contribution in [0, 0.1) is 5.92 Å². The van der Waals surface area contributed by atoms with Gasteiger partial charge in [0.25, 0.3) is 0 Å². The Bertz CT molecular complexity index is 546. The molecule has 144 valence electrons. The molecule has 0 saturated carbocycles. The SMILES string of the molecule is BCCCCC(N)(CC(C)N1CCC(Cc2ccccc2)CC1)C(=O)O. The van der Waals surface area contributed by atoms with E-state index >= 15 is 0 Å². The lowest BCUT2D eigenvalue weighted by Crippen LogP contribution is -2.53. The van der Waals surface area contributed by atoms with Crippen LogP contribution in [-0.2, 0) is 11.2 Å². The third kappa shape index (κ3) is 6.13. The van der Waals surface area contributed by atoms with E-state index in [1.165, 1.54) is 18.4 Å². The van der Waals surface area contributed by atoms with E-state index in [4.69, 9.17) is 5.73 Å². The smallest absolute Gasteiger partial charge is 0.323 e. The molecule has 1 aliphatic heterocycles. The number of piperidine rings is 1. The van der Waals surface area contributed by atoms with Gasteiger partial charge in [-0.2, -0.15) is 0 Å². The fraction of sp³-hybridized carbons (Fsp3) is 0.667. The lowest BCUT2D eigenvalue weighted by atomic mass is 9.84. The van der Waals surface area contributed by atoms with Crippen LogP contribution in [-0.4, -0.2) is 48.5 Å². The van der Waals surface area contributed by atoms with Crippen molar-refractivity contribution in [1.82, 2.24) is 4.90 Å². The van der Waals surface area contributed by atoms with E-state index in [2.05, 4.69) is 50.0 Å². The first kappa shape index (κ1) is 21.0. The number of hydrogen-bond acceptors (Lipinski definition) is 3. The van der Waals surface area contributed by atoms with Crippen molar-refractivity contribution in [3.8, 4) is 0 Å². The maximum Gasteiger partial charge on any atom is 0.323 e. The van der Waals surface area contributed by atoms with Gasteiger partial charge in [0.2, 0.25) is 0 Å². The number of benzene rings is 1. The molecule has 2 atom stereocenters. The standard InChI is InChI=1S/C21H35BN2O2/c1-17(16-21(23,20(25)26)11-5-6-12-22)24-13-9-19(10-14-24)15-18-7-3-2-4-8-18/h2-4,7-8,17,19H,5-6,9-16,22-23H2,1H3,(H,25,26). The molecule has 3 N–H and O–H groups in total. The van der Waals surface area contributed by atoms with Crippen molar-refractivity contribution in [3.63, 3.8) is 0 Å². The quantitative estimate of drug-likeness (QED) is 0.499. The largest absolute Gasteiger partial charge is 0.480 e.